The van der Waals surface area contributed by atoms with Crippen LogP contribution in [0.25, 0.3) is 0 Å². The molecule has 0 aromatic carbocycles. The lowest BCUT2D eigenvalue weighted by molar-refractivity contribution is -0.367. The summed E-state index contributed by atoms with van der Waals surface area (Å²) < 4.78 is 4.68. The van der Waals surface area contributed by atoms with Crippen LogP contribution in [0.3, 0.4) is 0 Å². The summed E-state index contributed by atoms with van der Waals surface area (Å²) in [5.41, 5.74) is -10.1. The molecule has 1 aliphatic rings. The van der Waals surface area contributed by atoms with Crippen molar-refractivity contribution in [2.45, 2.75) is 50.3 Å². The summed E-state index contributed by atoms with van der Waals surface area (Å²) in [7, 11) is 0. The largest absolute Gasteiger partial charge is 0.376 e. The topological polar surface area (TPSA) is 158 Å². The van der Waals surface area contributed by atoms with Gasteiger partial charge in [-0.1, -0.05) is 0 Å². The van der Waals surface area contributed by atoms with Crippen molar-refractivity contribution in [3.63, 3.8) is 0 Å². The van der Waals surface area contributed by atoms with Gasteiger partial charge in [0.1, 0.15) is 0 Å². The van der Waals surface area contributed by atoms with E-state index in [1.165, 1.54) is 0 Å². The number of carbonyl (C=O) groups excluding carboxylic acids is 4. The third-order valence-corrected chi connectivity index (χ3v) is 4.18. The SMILES string of the molecule is CC(=O)[C@@]1(O)[C@](O)(C(C)=O)[C@@](O)(C(C)=O)OC[C@]1(O)C(C)=O. The lowest BCUT2D eigenvalue weighted by Gasteiger charge is -2.57. The fourth-order valence-corrected chi connectivity index (χ4v) is 2.71. The van der Waals surface area contributed by atoms with Gasteiger partial charge >= 0.3 is 0 Å². The van der Waals surface area contributed by atoms with Crippen LogP contribution in [0.1, 0.15) is 27.7 Å². The van der Waals surface area contributed by atoms with E-state index in [1.807, 2.05) is 0 Å². The lowest BCUT2D eigenvalue weighted by Crippen LogP contribution is -2.88. The maximum atomic E-state index is 11.9. The average Bonchev–Trinajstić information content (AvgIpc) is 2.39. The predicted octanol–water partition coefficient (Wildman–Crippen LogP) is -2.75. The fourth-order valence-electron chi connectivity index (χ4n) is 2.71. The zero-order chi connectivity index (χ0) is 17.7. The highest BCUT2D eigenvalue weighted by molar-refractivity contribution is 6.08. The second-order valence-electron chi connectivity index (χ2n) is 5.44. The zero-order valence-corrected chi connectivity index (χ0v) is 12.5. The van der Waals surface area contributed by atoms with E-state index in [9.17, 15) is 39.6 Å². The van der Waals surface area contributed by atoms with Gasteiger partial charge in [-0.15, -0.1) is 0 Å². The highest BCUT2D eigenvalue weighted by atomic mass is 16.7. The van der Waals surface area contributed by atoms with Gasteiger partial charge < -0.3 is 25.2 Å². The molecule has 0 radical (unpaired) electrons. The van der Waals surface area contributed by atoms with E-state index < -0.39 is 52.3 Å². The standard InChI is InChI=1S/C13H18O9/c1-6(14)10(18)5-22-13(21,9(4)17)12(20,8(3)16)11(10,19)7(2)15/h18-21H,5H2,1-4H3/t10-,11-,12+,13+/m0/s1. The molecular weight excluding hydrogens is 300 g/mol. The number of ether oxygens (including phenoxy) is 1. The molecular formula is C13H18O9. The Balaban J connectivity index is 3.90. The van der Waals surface area contributed by atoms with Gasteiger partial charge in [0.15, 0.2) is 28.7 Å². The monoisotopic (exact) mass is 318 g/mol. The molecule has 0 spiro atoms. The molecule has 4 N–H and O–H groups in total. The summed E-state index contributed by atoms with van der Waals surface area (Å²) in [5.74, 6) is -8.64. The molecule has 1 fully saturated rings. The van der Waals surface area contributed by atoms with Crippen molar-refractivity contribution in [1.82, 2.24) is 0 Å². The minimum Gasteiger partial charge on any atom is -0.376 e. The van der Waals surface area contributed by atoms with Gasteiger partial charge in [-0.2, -0.15) is 0 Å². The molecule has 0 aromatic rings. The first-order valence-electron chi connectivity index (χ1n) is 6.31. The Labute approximate surface area is 125 Å². The molecule has 0 aromatic heterocycles. The Morgan fingerprint density at radius 2 is 1.14 bits per heavy atom. The summed E-state index contributed by atoms with van der Waals surface area (Å²) in [4.78, 5) is 47.2. The molecule has 1 rings (SSSR count). The molecule has 0 saturated carbocycles. The van der Waals surface area contributed by atoms with Crippen LogP contribution in [0.5, 0.6) is 0 Å². The first kappa shape index (κ1) is 18.5. The van der Waals surface area contributed by atoms with Gasteiger partial charge in [-0.25, -0.2) is 0 Å². The van der Waals surface area contributed by atoms with Crippen LogP contribution in [-0.4, -0.2) is 72.8 Å². The zero-order valence-electron chi connectivity index (χ0n) is 12.5. The lowest BCUT2D eigenvalue weighted by atomic mass is 9.60. The van der Waals surface area contributed by atoms with Gasteiger partial charge in [-0.3, -0.25) is 19.2 Å². The summed E-state index contributed by atoms with van der Waals surface area (Å²) in [6.07, 6.45) is 0. The van der Waals surface area contributed by atoms with Crippen LogP contribution in [0.4, 0.5) is 0 Å². The van der Waals surface area contributed by atoms with Crippen LogP contribution in [-0.2, 0) is 23.9 Å². The van der Waals surface area contributed by atoms with Crippen LogP contribution in [0, 0.1) is 0 Å². The van der Waals surface area contributed by atoms with Gasteiger partial charge in [0.2, 0.25) is 11.2 Å². The van der Waals surface area contributed by atoms with Gasteiger partial charge in [-0.05, 0) is 20.8 Å². The molecule has 1 aliphatic heterocycles. The normalized spacial score (nSPS) is 41.8. The summed E-state index contributed by atoms with van der Waals surface area (Å²) in [6, 6.07) is 0. The molecule has 1 heterocycles. The smallest absolute Gasteiger partial charge is 0.267 e. The third-order valence-electron chi connectivity index (χ3n) is 4.18. The first-order chi connectivity index (χ1) is 9.73. The van der Waals surface area contributed by atoms with E-state index >= 15 is 0 Å². The van der Waals surface area contributed by atoms with E-state index in [1.54, 1.807) is 0 Å². The van der Waals surface area contributed by atoms with Gasteiger partial charge in [0, 0.05) is 6.92 Å². The van der Waals surface area contributed by atoms with E-state index in [4.69, 9.17) is 0 Å². The van der Waals surface area contributed by atoms with E-state index in [0.717, 1.165) is 13.8 Å². The summed E-state index contributed by atoms with van der Waals surface area (Å²) >= 11 is 0. The summed E-state index contributed by atoms with van der Waals surface area (Å²) in [5, 5.41) is 41.8. The Hall–Kier alpha value is -1.52. The first-order valence-corrected chi connectivity index (χ1v) is 6.31. The maximum absolute atomic E-state index is 11.9. The molecule has 22 heavy (non-hydrogen) atoms. The predicted molar refractivity (Wildman–Crippen MR) is 68.5 cm³/mol. The van der Waals surface area contributed by atoms with Crippen molar-refractivity contribution in [2.24, 2.45) is 0 Å². The van der Waals surface area contributed by atoms with Crippen LogP contribution in [0.15, 0.2) is 0 Å². The van der Waals surface area contributed by atoms with E-state index in [2.05, 4.69) is 4.74 Å². The second-order valence-corrected chi connectivity index (χ2v) is 5.44. The Morgan fingerprint density at radius 3 is 1.41 bits per heavy atom. The van der Waals surface area contributed by atoms with Crippen molar-refractivity contribution in [2.75, 3.05) is 6.61 Å². The number of ketones is 4. The fraction of sp³-hybridized carbons (Fsp3) is 0.692. The molecule has 0 unspecified atom stereocenters. The van der Waals surface area contributed by atoms with Gasteiger partial charge in [0.25, 0.3) is 5.79 Å². The molecule has 9 nitrogen and oxygen atoms in total. The molecule has 4 atom stereocenters. The average molecular weight is 318 g/mol. The summed E-state index contributed by atoms with van der Waals surface area (Å²) in [6.45, 7) is 1.71. The van der Waals surface area contributed by atoms with Crippen molar-refractivity contribution >= 4 is 23.1 Å². The van der Waals surface area contributed by atoms with Gasteiger partial charge in [0.05, 0.1) is 6.61 Å². The molecule has 1 saturated heterocycles. The number of Topliss-reactive ketones (excluding diaryl/α,β-unsaturated/α-hetero) is 4. The molecule has 0 amide bonds. The Kier molecular flexibility index (Phi) is 4.21. The number of hydrogen-bond donors (Lipinski definition) is 4. The maximum Gasteiger partial charge on any atom is 0.267 e. The van der Waals surface area contributed by atoms with Crippen LogP contribution >= 0.6 is 0 Å². The van der Waals surface area contributed by atoms with E-state index in [-0.39, 0.29) is 0 Å². The van der Waals surface area contributed by atoms with Crippen LogP contribution in [0.2, 0.25) is 0 Å². The van der Waals surface area contributed by atoms with Crippen molar-refractivity contribution < 1.29 is 44.3 Å². The molecule has 124 valence electrons. The molecule has 0 aliphatic carbocycles. The van der Waals surface area contributed by atoms with Crippen molar-refractivity contribution in [3.05, 3.63) is 0 Å². The number of aliphatic hydroxyl groups is 4. The highest BCUT2D eigenvalue weighted by Crippen LogP contribution is 2.47. The van der Waals surface area contributed by atoms with E-state index in [0.29, 0.717) is 13.8 Å². The number of carbonyl (C=O) groups is 4. The minimum absolute atomic E-state index is 0.664. The number of rotatable bonds is 4. The van der Waals surface area contributed by atoms with Crippen molar-refractivity contribution in [3.8, 4) is 0 Å². The Bertz CT molecular complexity index is 520. The second kappa shape index (κ2) is 5.00. The van der Waals surface area contributed by atoms with Crippen molar-refractivity contribution in [1.29, 1.82) is 0 Å². The molecule has 0 bridgehead atoms. The molecule has 9 heteroatoms. The highest BCUT2D eigenvalue weighted by Gasteiger charge is 2.81. The quantitative estimate of drug-likeness (QED) is 0.431. The Morgan fingerprint density at radius 1 is 0.727 bits per heavy atom. The number of hydrogen-bond acceptors (Lipinski definition) is 9. The van der Waals surface area contributed by atoms with Crippen LogP contribution < -0.4 is 0 Å². The minimum atomic E-state index is -3.57. The third kappa shape index (κ3) is 1.77.